The third kappa shape index (κ3) is 90.9. The molecule has 0 saturated carbocycles. The molecule has 0 aromatic rings. The maximum absolute atomic E-state index is 10.1. The highest BCUT2D eigenvalue weighted by Crippen LogP contribution is 2.27. The van der Waals surface area contributed by atoms with Crippen LogP contribution < -0.4 is 0 Å². The van der Waals surface area contributed by atoms with Crippen molar-refractivity contribution in [3.63, 3.8) is 0 Å². The highest BCUT2D eigenvalue weighted by Gasteiger charge is 1.94. The monoisotopic (exact) mass is 760 g/mol. The number of hydrogen-bond acceptors (Lipinski definition) is 4. The average Bonchev–Trinajstić information content (AvgIpc) is 3.00. The minimum Gasteiger partial charge on any atom is -0.325 e. The van der Waals surface area contributed by atoms with Crippen molar-refractivity contribution in [2.75, 3.05) is 0 Å². The van der Waals surface area contributed by atoms with E-state index in [1.807, 2.05) is 0 Å². The van der Waals surface area contributed by atoms with Crippen LogP contribution in [0.25, 0.3) is 0 Å². The van der Waals surface area contributed by atoms with Crippen LogP contribution in [0.15, 0.2) is 24.3 Å². The molecule has 48 heavy (non-hydrogen) atoms. The summed E-state index contributed by atoms with van der Waals surface area (Å²) in [5.41, 5.74) is 0. The molecule has 0 saturated heterocycles. The lowest BCUT2D eigenvalue weighted by molar-refractivity contribution is -0.108. The van der Waals surface area contributed by atoms with Gasteiger partial charge in [0.2, 0.25) is 0 Å². The molecule has 0 atom stereocenters. The second-order valence-electron chi connectivity index (χ2n) is 12.1. The van der Waals surface area contributed by atoms with Crippen molar-refractivity contribution in [2.45, 2.75) is 194 Å². The molecule has 0 aliphatic heterocycles. The number of allylic oxidation sites excluding steroid dienone is 4. The Balaban J connectivity index is -0.000000314. The first kappa shape index (κ1) is 54.7. The van der Waals surface area contributed by atoms with Crippen molar-refractivity contribution in [3.05, 3.63) is 24.3 Å². The Morgan fingerprint density at radius 3 is 0.708 bits per heavy atom. The first-order valence-electron chi connectivity index (χ1n) is 18.6. The number of unbranched alkanes of at least 4 members (excludes halogenated alkanes) is 24. The van der Waals surface area contributed by atoms with Crippen LogP contribution in [0.1, 0.15) is 194 Å². The summed E-state index contributed by atoms with van der Waals surface area (Å²) in [7, 11) is 0. The van der Waals surface area contributed by atoms with E-state index in [9.17, 15) is 9.59 Å². The van der Waals surface area contributed by atoms with E-state index in [1.54, 1.807) is 0 Å². The summed E-state index contributed by atoms with van der Waals surface area (Å²) in [6, 6.07) is 0. The Kier molecular flexibility index (Phi) is 53.4. The van der Waals surface area contributed by atoms with Crippen LogP contribution in [0.4, 0.5) is 0 Å². The summed E-state index contributed by atoms with van der Waals surface area (Å²) >= 11 is 7.21. The van der Waals surface area contributed by atoms with Crippen molar-refractivity contribution in [1.29, 1.82) is 0 Å². The van der Waals surface area contributed by atoms with E-state index < -0.39 is 13.4 Å². The van der Waals surface area contributed by atoms with Crippen molar-refractivity contribution < 1.29 is 38.9 Å². The molecule has 0 aliphatic rings. The first-order chi connectivity index (χ1) is 22.8. The Morgan fingerprint density at radius 1 is 0.354 bits per heavy atom. The molecular weight excluding hydrogens is 686 g/mol. The van der Waals surface area contributed by atoms with Gasteiger partial charge < -0.3 is 38.9 Å². The third-order valence-corrected chi connectivity index (χ3v) is 7.17. The zero-order valence-corrected chi connectivity index (χ0v) is 33.9. The number of aldehydes is 2. The molecule has 6 N–H and O–H groups in total. The summed E-state index contributed by atoms with van der Waals surface area (Å²) in [6.07, 6.45) is 47.2. The van der Waals surface area contributed by atoms with Gasteiger partial charge in [-0.15, -0.1) is 0 Å². The fourth-order valence-corrected chi connectivity index (χ4v) is 4.60. The molecule has 0 bridgehead atoms. The van der Waals surface area contributed by atoms with Gasteiger partial charge in [-0.1, -0.05) is 141 Å². The molecule has 0 unspecified atom stereocenters. The van der Waals surface area contributed by atoms with Crippen LogP contribution >= 0.6 is 13.4 Å². The minimum absolute atomic E-state index is 0.748. The Bertz CT molecular complexity index is 705. The molecule has 12 heteroatoms. The minimum atomic E-state index is -3.81. The molecule has 0 amide bonds. The topological polar surface area (TPSA) is 156 Å². The zero-order valence-electron chi connectivity index (χ0n) is 30.5. The molecule has 8 nitrogen and oxygen atoms in total. The fourth-order valence-electron chi connectivity index (χ4n) is 4.60. The smallest absolute Gasteiger partial charge is 0.319 e. The van der Waals surface area contributed by atoms with Crippen LogP contribution in [-0.4, -0.2) is 41.9 Å². The standard InChI is InChI=1S/2C18H34O.2H3O3PS/c2*1-2-3-4-5-6-7-8-9-10-11-12-13-14-15-16-17-18-19;2*1-4(2,3)5/h2*9-10,18H,2-8,11-17H2,1H3;2*(H3,1,2,3,5)/b2*10-9-;;. The molecule has 288 valence electrons. The lowest BCUT2D eigenvalue weighted by Crippen LogP contribution is -1.80. The van der Waals surface area contributed by atoms with Gasteiger partial charge in [-0.2, -0.15) is 0 Å². The van der Waals surface area contributed by atoms with Gasteiger partial charge in [0.25, 0.3) is 0 Å². The Morgan fingerprint density at radius 2 is 0.521 bits per heavy atom. The van der Waals surface area contributed by atoms with Gasteiger partial charge in [-0.3, -0.25) is 0 Å². The van der Waals surface area contributed by atoms with E-state index in [-0.39, 0.29) is 0 Å². The van der Waals surface area contributed by atoms with Gasteiger partial charge in [0.15, 0.2) is 0 Å². The van der Waals surface area contributed by atoms with Crippen molar-refractivity contribution >= 4 is 49.6 Å². The van der Waals surface area contributed by atoms with Gasteiger partial charge in [0.05, 0.1) is 0 Å². The molecule has 0 rings (SSSR count). The molecule has 0 fully saturated rings. The van der Waals surface area contributed by atoms with E-state index >= 15 is 0 Å². The van der Waals surface area contributed by atoms with Crippen LogP contribution in [0, 0.1) is 0 Å². The maximum Gasteiger partial charge on any atom is 0.319 e. The van der Waals surface area contributed by atoms with E-state index in [4.69, 9.17) is 29.4 Å². The van der Waals surface area contributed by atoms with Gasteiger partial charge in [-0.25, -0.2) is 0 Å². The van der Waals surface area contributed by atoms with Crippen molar-refractivity contribution in [3.8, 4) is 0 Å². The molecule has 0 aliphatic carbocycles. The largest absolute Gasteiger partial charge is 0.325 e. The molecule has 0 heterocycles. The van der Waals surface area contributed by atoms with Crippen LogP contribution in [-0.2, 0) is 33.2 Å². The summed E-state index contributed by atoms with van der Waals surface area (Å²) in [4.78, 5) is 65.6. The second kappa shape index (κ2) is 46.9. The third-order valence-electron chi connectivity index (χ3n) is 7.17. The van der Waals surface area contributed by atoms with E-state index in [1.165, 1.54) is 154 Å². The van der Waals surface area contributed by atoms with E-state index in [0.717, 1.165) is 38.3 Å². The summed E-state index contributed by atoms with van der Waals surface area (Å²) in [5, 5.41) is 0. The van der Waals surface area contributed by atoms with Gasteiger partial charge in [0.1, 0.15) is 12.6 Å². The SMILES string of the molecule is CCCCCCCC/C=C\CCCCCCCC=O.CCCCCCCC/C=C\CCCCCCCC=O.OP(O)(O)=S.OP(O)(O)=S. The van der Waals surface area contributed by atoms with Crippen molar-refractivity contribution in [2.24, 2.45) is 0 Å². The summed E-state index contributed by atoms with van der Waals surface area (Å²) in [6.45, 7) is -3.07. The Labute approximate surface area is 305 Å². The number of hydrogen-bond donors (Lipinski definition) is 6. The molecule has 0 spiro atoms. The number of carbonyl (C=O) groups is 2. The lowest BCUT2D eigenvalue weighted by atomic mass is 10.1. The fraction of sp³-hybridized carbons (Fsp3) is 0.833. The molecule has 0 aromatic carbocycles. The summed E-state index contributed by atoms with van der Waals surface area (Å²) in [5.74, 6) is 0. The highest BCUT2D eigenvalue weighted by atomic mass is 32.5. The van der Waals surface area contributed by atoms with Gasteiger partial charge >= 0.3 is 13.4 Å². The zero-order chi connectivity index (χ0) is 37.0. The normalized spacial score (nSPS) is 11.3. The maximum atomic E-state index is 10.1. The predicted molar refractivity (Wildman–Crippen MR) is 213 cm³/mol. The predicted octanol–water partition coefficient (Wildman–Crippen LogP) is 10.8. The molecule has 0 aromatic heterocycles. The van der Waals surface area contributed by atoms with Crippen LogP contribution in [0.2, 0.25) is 0 Å². The highest BCUT2D eigenvalue weighted by molar-refractivity contribution is 8.06. The quantitative estimate of drug-likeness (QED) is 0.0180. The van der Waals surface area contributed by atoms with Crippen molar-refractivity contribution in [1.82, 2.24) is 0 Å². The van der Waals surface area contributed by atoms with E-state index in [0.29, 0.717) is 0 Å². The van der Waals surface area contributed by atoms with Gasteiger partial charge in [0, 0.05) is 12.8 Å². The first-order valence-corrected chi connectivity index (χ1v) is 23.9. The summed E-state index contributed by atoms with van der Waals surface area (Å²) < 4.78 is 0. The van der Waals surface area contributed by atoms with Crippen LogP contribution in [0.3, 0.4) is 0 Å². The average molecular weight is 761 g/mol. The Hall–Kier alpha value is -0.120. The molecular formula is C36H74O8P2S2. The van der Waals surface area contributed by atoms with Gasteiger partial charge in [-0.05, 0) is 87.8 Å². The lowest BCUT2D eigenvalue weighted by Gasteiger charge is -1.98. The second-order valence-corrected chi connectivity index (χ2v) is 17.1. The number of rotatable bonds is 30. The molecule has 0 radical (unpaired) electrons. The van der Waals surface area contributed by atoms with E-state index in [2.05, 4.69) is 61.8 Å². The number of carbonyl (C=O) groups excluding carboxylic acids is 2. The van der Waals surface area contributed by atoms with Crippen LogP contribution in [0.5, 0.6) is 0 Å².